The van der Waals surface area contributed by atoms with Crippen molar-refractivity contribution in [1.29, 1.82) is 5.41 Å². The van der Waals surface area contributed by atoms with Crippen LogP contribution in [0.5, 0.6) is 0 Å². The summed E-state index contributed by atoms with van der Waals surface area (Å²) in [6, 6.07) is 0.335. The third-order valence-electron chi connectivity index (χ3n) is 8.50. The minimum atomic E-state index is 0.335. The van der Waals surface area contributed by atoms with Crippen molar-refractivity contribution in [3.63, 3.8) is 0 Å². The van der Waals surface area contributed by atoms with E-state index in [1.165, 1.54) is 31.3 Å². The molecule has 176 valence electrons. The molecule has 0 aromatic carbocycles. The number of hydrogen-bond donors (Lipinski definition) is 2. The SMILES string of the molecule is CC1CC=CC=C1C1C=CC(C(=N)/C=C/NC2C=CCC(C)C2C2(C)CC=CCC2)=CC1C. The van der Waals surface area contributed by atoms with Gasteiger partial charge in [0.15, 0.2) is 0 Å². The van der Waals surface area contributed by atoms with Gasteiger partial charge >= 0.3 is 0 Å². The lowest BCUT2D eigenvalue weighted by atomic mass is 9.60. The number of nitrogens with one attached hydrogen (secondary N) is 2. The van der Waals surface area contributed by atoms with Crippen LogP contribution in [0.3, 0.4) is 0 Å². The Balaban J connectivity index is 1.40. The molecule has 0 spiro atoms. The monoisotopic (exact) mass is 442 g/mol. The maximum atomic E-state index is 8.67. The molecule has 4 rings (SSSR count). The normalized spacial score (nSPS) is 38.3. The van der Waals surface area contributed by atoms with Gasteiger partial charge in [-0.3, -0.25) is 0 Å². The minimum absolute atomic E-state index is 0.335. The maximum Gasteiger partial charge on any atom is 0.0623 e. The summed E-state index contributed by atoms with van der Waals surface area (Å²) >= 11 is 0. The molecule has 0 aliphatic heterocycles. The van der Waals surface area contributed by atoms with Crippen LogP contribution in [-0.2, 0) is 0 Å². The topological polar surface area (TPSA) is 35.9 Å². The summed E-state index contributed by atoms with van der Waals surface area (Å²) < 4.78 is 0. The number of rotatable bonds is 6. The van der Waals surface area contributed by atoms with Crippen LogP contribution in [0.15, 0.2) is 84.2 Å². The van der Waals surface area contributed by atoms with Gasteiger partial charge in [0.1, 0.15) is 0 Å². The Bertz CT molecular complexity index is 940. The molecule has 0 aromatic rings. The van der Waals surface area contributed by atoms with E-state index in [-0.39, 0.29) is 0 Å². The average Bonchev–Trinajstić information content (AvgIpc) is 2.80. The summed E-state index contributed by atoms with van der Waals surface area (Å²) in [7, 11) is 0. The summed E-state index contributed by atoms with van der Waals surface area (Å²) in [4.78, 5) is 0. The van der Waals surface area contributed by atoms with E-state index in [9.17, 15) is 0 Å². The Labute approximate surface area is 201 Å². The molecule has 4 aliphatic rings. The van der Waals surface area contributed by atoms with Crippen LogP contribution in [0.2, 0.25) is 0 Å². The molecule has 7 unspecified atom stereocenters. The Morgan fingerprint density at radius 2 is 1.94 bits per heavy atom. The zero-order chi connectivity index (χ0) is 23.4. The Kier molecular flexibility index (Phi) is 7.41. The highest BCUT2D eigenvalue weighted by molar-refractivity contribution is 6.08. The van der Waals surface area contributed by atoms with E-state index in [1.54, 1.807) is 0 Å². The highest BCUT2D eigenvalue weighted by Crippen LogP contribution is 2.47. The van der Waals surface area contributed by atoms with E-state index in [4.69, 9.17) is 5.41 Å². The minimum Gasteiger partial charge on any atom is -0.384 e. The van der Waals surface area contributed by atoms with Gasteiger partial charge in [-0.25, -0.2) is 0 Å². The van der Waals surface area contributed by atoms with Crippen LogP contribution in [0.25, 0.3) is 0 Å². The molecule has 7 atom stereocenters. The van der Waals surface area contributed by atoms with E-state index < -0.39 is 0 Å². The predicted octanol–water partition coefficient (Wildman–Crippen LogP) is 7.71. The van der Waals surface area contributed by atoms with Crippen molar-refractivity contribution in [3.05, 3.63) is 84.2 Å². The molecule has 0 saturated heterocycles. The largest absolute Gasteiger partial charge is 0.384 e. The molecule has 0 fully saturated rings. The predicted molar refractivity (Wildman–Crippen MR) is 142 cm³/mol. The van der Waals surface area contributed by atoms with Crippen molar-refractivity contribution in [3.8, 4) is 0 Å². The van der Waals surface area contributed by atoms with Gasteiger partial charge in [-0.2, -0.15) is 0 Å². The van der Waals surface area contributed by atoms with Crippen LogP contribution >= 0.6 is 0 Å². The smallest absolute Gasteiger partial charge is 0.0623 e. The lowest BCUT2D eigenvalue weighted by Crippen LogP contribution is -2.46. The van der Waals surface area contributed by atoms with Crippen LogP contribution in [0, 0.1) is 40.4 Å². The molecule has 2 nitrogen and oxygen atoms in total. The van der Waals surface area contributed by atoms with Crippen molar-refractivity contribution in [2.24, 2.45) is 35.0 Å². The quantitative estimate of drug-likeness (QED) is 0.321. The first-order chi connectivity index (χ1) is 15.9. The molecule has 33 heavy (non-hydrogen) atoms. The van der Waals surface area contributed by atoms with Gasteiger partial charge in [0.05, 0.1) is 5.71 Å². The fraction of sp³-hybridized carbons (Fsp3) is 0.516. The van der Waals surface area contributed by atoms with Crippen molar-refractivity contribution in [2.45, 2.75) is 65.8 Å². The zero-order valence-electron chi connectivity index (χ0n) is 20.9. The molecule has 0 heterocycles. The summed E-state index contributed by atoms with van der Waals surface area (Å²) in [6.07, 6.45) is 32.8. The maximum absolute atomic E-state index is 8.67. The average molecular weight is 443 g/mol. The van der Waals surface area contributed by atoms with Crippen molar-refractivity contribution in [1.82, 2.24) is 5.32 Å². The van der Waals surface area contributed by atoms with Gasteiger partial charge in [-0.05, 0) is 79.0 Å². The molecular formula is C31H42N2. The molecule has 2 N–H and O–H groups in total. The second-order valence-corrected chi connectivity index (χ2v) is 11.1. The molecule has 0 amide bonds. The molecule has 2 heteroatoms. The first-order valence-electron chi connectivity index (χ1n) is 13.0. The van der Waals surface area contributed by atoms with E-state index in [0.717, 1.165) is 12.0 Å². The highest BCUT2D eigenvalue weighted by atomic mass is 14.9. The summed E-state index contributed by atoms with van der Waals surface area (Å²) in [5.41, 5.74) is 3.49. The Morgan fingerprint density at radius 3 is 2.67 bits per heavy atom. The van der Waals surface area contributed by atoms with Gasteiger partial charge in [-0.1, -0.05) is 94.0 Å². The van der Waals surface area contributed by atoms with Gasteiger partial charge < -0.3 is 10.7 Å². The number of hydrogen-bond acceptors (Lipinski definition) is 2. The standard InChI is InChI=1S/C31H42N2/c1-22-11-6-7-13-26(22)27-16-15-25(21-24(27)3)28(32)17-20-33-29-14-10-12-23(2)30(29)31(4)18-8-5-9-19-31/h5-8,10,13-17,20-24,27,29-30,32-33H,9,11-12,18-19H2,1-4H3/b20-17+,32-28?. The third kappa shape index (κ3) is 5.26. The summed E-state index contributed by atoms with van der Waals surface area (Å²) in [5, 5.41) is 12.3. The first kappa shape index (κ1) is 23.8. The lowest BCUT2D eigenvalue weighted by molar-refractivity contribution is 0.0877. The van der Waals surface area contributed by atoms with Crippen molar-refractivity contribution < 1.29 is 0 Å². The van der Waals surface area contributed by atoms with Gasteiger partial charge in [-0.15, -0.1) is 0 Å². The fourth-order valence-corrected chi connectivity index (χ4v) is 6.59. The van der Waals surface area contributed by atoms with E-state index in [1.807, 2.05) is 12.3 Å². The molecule has 0 saturated carbocycles. The molecule has 0 radical (unpaired) electrons. The lowest BCUT2D eigenvalue weighted by Gasteiger charge is -2.47. The van der Waals surface area contributed by atoms with Crippen LogP contribution in [0.1, 0.15) is 59.8 Å². The van der Waals surface area contributed by atoms with Crippen molar-refractivity contribution >= 4 is 5.71 Å². The van der Waals surface area contributed by atoms with Crippen molar-refractivity contribution in [2.75, 3.05) is 0 Å². The molecule has 4 aliphatic carbocycles. The van der Waals surface area contributed by atoms with Crippen LogP contribution in [-0.4, -0.2) is 11.8 Å². The summed E-state index contributed by atoms with van der Waals surface area (Å²) in [6.45, 7) is 9.49. The third-order valence-corrected chi connectivity index (χ3v) is 8.50. The first-order valence-corrected chi connectivity index (χ1v) is 13.0. The van der Waals surface area contributed by atoms with E-state index in [2.05, 4.69) is 93.8 Å². The van der Waals surface area contributed by atoms with Crippen LogP contribution in [0.4, 0.5) is 0 Å². The summed E-state index contributed by atoms with van der Waals surface area (Å²) in [5.74, 6) is 2.75. The number of allylic oxidation sites excluding steroid dienone is 12. The highest BCUT2D eigenvalue weighted by Gasteiger charge is 2.41. The zero-order valence-corrected chi connectivity index (χ0v) is 20.9. The van der Waals surface area contributed by atoms with E-state index >= 15 is 0 Å². The van der Waals surface area contributed by atoms with E-state index in [0.29, 0.717) is 46.8 Å². The van der Waals surface area contributed by atoms with Crippen LogP contribution < -0.4 is 5.32 Å². The second-order valence-electron chi connectivity index (χ2n) is 11.1. The Morgan fingerprint density at radius 1 is 1.09 bits per heavy atom. The molecular weight excluding hydrogens is 400 g/mol. The van der Waals surface area contributed by atoms with Gasteiger partial charge in [0.2, 0.25) is 0 Å². The Hall–Kier alpha value is -2.35. The molecule has 0 bridgehead atoms. The molecule has 0 aromatic heterocycles. The second kappa shape index (κ2) is 10.3. The fourth-order valence-electron chi connectivity index (χ4n) is 6.59. The van der Waals surface area contributed by atoms with Gasteiger partial charge in [0, 0.05) is 12.0 Å². The van der Waals surface area contributed by atoms with Gasteiger partial charge in [0.25, 0.3) is 0 Å².